The number of carbonyl (C=O) groups is 2. The fraction of sp³-hybridized carbons (Fsp3) is 0.273. The fourth-order valence-corrected chi connectivity index (χ4v) is 3.41. The van der Waals surface area contributed by atoms with Crippen LogP contribution >= 0.6 is 0 Å². The predicted molar refractivity (Wildman–Crippen MR) is 105 cm³/mol. The summed E-state index contributed by atoms with van der Waals surface area (Å²) in [6.07, 6.45) is 0.694. The molecule has 0 unspecified atom stereocenters. The summed E-state index contributed by atoms with van der Waals surface area (Å²) in [5.41, 5.74) is 1.08. The highest BCUT2D eigenvalue weighted by Crippen LogP contribution is 2.39. The van der Waals surface area contributed by atoms with Crippen molar-refractivity contribution in [2.75, 3.05) is 27.2 Å². The highest BCUT2D eigenvalue weighted by atomic mass is 19.1. The lowest BCUT2D eigenvalue weighted by Gasteiger charge is -2.26. The third-order valence-corrected chi connectivity index (χ3v) is 4.78. The zero-order chi connectivity index (χ0) is 20.3. The van der Waals surface area contributed by atoms with Gasteiger partial charge in [-0.1, -0.05) is 30.3 Å². The van der Waals surface area contributed by atoms with Gasteiger partial charge < -0.3 is 14.9 Å². The van der Waals surface area contributed by atoms with Crippen molar-refractivity contribution in [2.24, 2.45) is 0 Å². The Bertz CT molecular complexity index is 892. The Morgan fingerprint density at radius 1 is 1.07 bits per heavy atom. The maximum atomic E-state index is 13.2. The Kier molecular flexibility index (Phi) is 5.90. The van der Waals surface area contributed by atoms with Crippen molar-refractivity contribution in [2.45, 2.75) is 12.5 Å². The second-order valence-electron chi connectivity index (χ2n) is 7.07. The number of hydrogen-bond acceptors (Lipinski definition) is 4. The molecule has 5 nitrogen and oxygen atoms in total. The molecular weight excluding hydrogens is 359 g/mol. The number of amides is 1. The largest absolute Gasteiger partial charge is 0.507 e. The monoisotopic (exact) mass is 382 g/mol. The predicted octanol–water partition coefficient (Wildman–Crippen LogP) is 3.20. The fourth-order valence-electron chi connectivity index (χ4n) is 3.41. The van der Waals surface area contributed by atoms with Crippen molar-refractivity contribution in [1.29, 1.82) is 0 Å². The Balaban J connectivity index is 2.06. The molecule has 2 aromatic carbocycles. The number of rotatable bonds is 6. The van der Waals surface area contributed by atoms with Crippen LogP contribution < -0.4 is 0 Å². The summed E-state index contributed by atoms with van der Waals surface area (Å²) in [6.45, 7) is 1.16. The topological polar surface area (TPSA) is 60.9 Å². The van der Waals surface area contributed by atoms with E-state index in [0.717, 1.165) is 12.1 Å². The van der Waals surface area contributed by atoms with Crippen LogP contribution in [0.4, 0.5) is 4.39 Å². The second-order valence-corrected chi connectivity index (χ2v) is 7.07. The molecule has 1 N–H and O–H groups in total. The average Bonchev–Trinajstić information content (AvgIpc) is 2.93. The van der Waals surface area contributed by atoms with Gasteiger partial charge in [0.1, 0.15) is 11.6 Å². The van der Waals surface area contributed by atoms with E-state index in [0.29, 0.717) is 18.5 Å². The minimum atomic E-state index is -0.722. The highest BCUT2D eigenvalue weighted by Gasteiger charge is 2.45. The number of aliphatic hydroxyl groups is 1. The first kappa shape index (κ1) is 19.8. The van der Waals surface area contributed by atoms with Gasteiger partial charge in [-0.25, -0.2) is 4.39 Å². The van der Waals surface area contributed by atoms with E-state index in [9.17, 15) is 19.1 Å². The number of carbonyl (C=O) groups excluding carboxylic acids is 2. The summed E-state index contributed by atoms with van der Waals surface area (Å²) in [6, 6.07) is 13.7. The molecule has 1 aliphatic rings. The van der Waals surface area contributed by atoms with Crippen LogP contribution in [-0.4, -0.2) is 53.8 Å². The molecule has 1 aliphatic heterocycles. The summed E-state index contributed by atoms with van der Waals surface area (Å²) in [5, 5.41) is 10.8. The van der Waals surface area contributed by atoms with Crippen molar-refractivity contribution in [3.05, 3.63) is 77.1 Å². The molecule has 28 heavy (non-hydrogen) atoms. The van der Waals surface area contributed by atoms with Crippen LogP contribution in [0.25, 0.3) is 5.76 Å². The van der Waals surface area contributed by atoms with Crippen LogP contribution in [0.2, 0.25) is 0 Å². The first-order valence-corrected chi connectivity index (χ1v) is 9.14. The molecule has 1 heterocycles. The van der Waals surface area contributed by atoms with Gasteiger partial charge in [-0.2, -0.15) is 0 Å². The lowest BCUT2D eigenvalue weighted by molar-refractivity contribution is -0.139. The number of aliphatic hydroxyl groups excluding tert-OH is 1. The van der Waals surface area contributed by atoms with Gasteiger partial charge in [0.15, 0.2) is 0 Å². The zero-order valence-electron chi connectivity index (χ0n) is 15.9. The quantitative estimate of drug-likeness (QED) is 0.474. The first-order chi connectivity index (χ1) is 13.4. The Labute approximate surface area is 163 Å². The molecule has 2 aromatic rings. The van der Waals surface area contributed by atoms with Crippen LogP contribution in [0, 0.1) is 5.82 Å². The molecule has 0 radical (unpaired) electrons. The summed E-state index contributed by atoms with van der Waals surface area (Å²) in [7, 11) is 3.88. The van der Waals surface area contributed by atoms with Crippen molar-refractivity contribution in [3.63, 3.8) is 0 Å². The third kappa shape index (κ3) is 3.97. The standard InChI is InChI=1S/C22H23FN2O3/c1-24(2)13-6-14-25-19(15-7-4-3-5-8-15)18(21(27)22(25)28)20(26)16-9-11-17(23)12-10-16/h3-5,7-12,19,26H,6,13-14H2,1-2H3/b20-18+/t19-/m1/s1. The van der Waals surface area contributed by atoms with E-state index in [-0.39, 0.29) is 11.3 Å². The molecule has 146 valence electrons. The van der Waals surface area contributed by atoms with Crippen LogP contribution in [0.1, 0.15) is 23.6 Å². The third-order valence-electron chi connectivity index (χ3n) is 4.78. The normalized spacial score (nSPS) is 18.9. The van der Waals surface area contributed by atoms with E-state index >= 15 is 0 Å². The molecule has 0 bridgehead atoms. The molecular formula is C22H23FN2O3. The lowest BCUT2D eigenvalue weighted by Crippen LogP contribution is -2.32. The Morgan fingerprint density at radius 3 is 2.32 bits per heavy atom. The number of likely N-dealkylation sites (tertiary alicyclic amines) is 1. The Hall–Kier alpha value is -2.99. The second kappa shape index (κ2) is 8.35. The highest BCUT2D eigenvalue weighted by molar-refractivity contribution is 6.46. The average molecular weight is 382 g/mol. The molecule has 1 saturated heterocycles. The molecule has 0 aromatic heterocycles. The number of Topliss-reactive ketones (excluding diaryl/α,β-unsaturated/α-hetero) is 1. The smallest absolute Gasteiger partial charge is 0.295 e. The SMILES string of the molecule is CN(C)CCCN1C(=O)C(=O)/C(=C(/O)c2ccc(F)cc2)[C@H]1c1ccccc1. The van der Waals surface area contributed by atoms with Gasteiger partial charge in [0, 0.05) is 12.1 Å². The lowest BCUT2D eigenvalue weighted by atomic mass is 9.95. The minimum Gasteiger partial charge on any atom is -0.507 e. The molecule has 0 spiro atoms. The van der Waals surface area contributed by atoms with E-state index in [1.165, 1.54) is 29.2 Å². The van der Waals surface area contributed by atoms with Crippen LogP contribution in [0.5, 0.6) is 0 Å². The van der Waals surface area contributed by atoms with Gasteiger partial charge in [0.25, 0.3) is 11.7 Å². The van der Waals surface area contributed by atoms with Gasteiger partial charge >= 0.3 is 0 Å². The molecule has 6 heteroatoms. The van der Waals surface area contributed by atoms with Crippen LogP contribution in [0.3, 0.4) is 0 Å². The van der Waals surface area contributed by atoms with Crippen molar-refractivity contribution in [3.8, 4) is 0 Å². The van der Waals surface area contributed by atoms with E-state index in [1.54, 1.807) is 0 Å². The molecule has 1 amide bonds. The summed E-state index contributed by atoms with van der Waals surface area (Å²) < 4.78 is 13.2. The van der Waals surface area contributed by atoms with E-state index < -0.39 is 23.5 Å². The zero-order valence-corrected chi connectivity index (χ0v) is 15.9. The van der Waals surface area contributed by atoms with E-state index in [4.69, 9.17) is 0 Å². The van der Waals surface area contributed by atoms with Gasteiger partial charge in [0.2, 0.25) is 0 Å². The molecule has 0 aliphatic carbocycles. The molecule has 3 rings (SSSR count). The summed E-state index contributed by atoms with van der Waals surface area (Å²) in [4.78, 5) is 29.0. The molecule has 1 fully saturated rings. The number of ketones is 1. The van der Waals surface area contributed by atoms with Crippen LogP contribution in [0.15, 0.2) is 60.2 Å². The Morgan fingerprint density at radius 2 is 1.71 bits per heavy atom. The summed E-state index contributed by atoms with van der Waals surface area (Å²) >= 11 is 0. The minimum absolute atomic E-state index is 0.0349. The van der Waals surface area contributed by atoms with E-state index in [2.05, 4.69) is 0 Å². The summed E-state index contributed by atoms with van der Waals surface area (Å²) in [5.74, 6) is -2.08. The first-order valence-electron chi connectivity index (χ1n) is 9.14. The van der Waals surface area contributed by atoms with Gasteiger partial charge in [0.05, 0.1) is 11.6 Å². The van der Waals surface area contributed by atoms with Crippen molar-refractivity contribution >= 4 is 17.4 Å². The van der Waals surface area contributed by atoms with Gasteiger partial charge in [-0.15, -0.1) is 0 Å². The number of nitrogens with zero attached hydrogens (tertiary/aromatic N) is 2. The van der Waals surface area contributed by atoms with Crippen LogP contribution in [-0.2, 0) is 9.59 Å². The van der Waals surface area contributed by atoms with E-state index in [1.807, 2.05) is 49.3 Å². The van der Waals surface area contributed by atoms with Gasteiger partial charge in [-0.3, -0.25) is 9.59 Å². The maximum absolute atomic E-state index is 13.2. The van der Waals surface area contributed by atoms with Gasteiger partial charge in [-0.05, 0) is 56.9 Å². The maximum Gasteiger partial charge on any atom is 0.295 e. The number of hydrogen-bond donors (Lipinski definition) is 1. The van der Waals surface area contributed by atoms with Crippen molar-refractivity contribution < 1.29 is 19.1 Å². The molecule has 1 atom stereocenters. The number of halogens is 1. The van der Waals surface area contributed by atoms with Crippen molar-refractivity contribution in [1.82, 2.24) is 9.80 Å². The molecule has 0 saturated carbocycles. The number of benzene rings is 2.